The molecule has 0 aliphatic heterocycles. The van der Waals surface area contributed by atoms with E-state index in [1.54, 1.807) is 97.1 Å². The Morgan fingerprint density at radius 1 is 0.438 bits per heavy atom. The van der Waals surface area contributed by atoms with Crippen LogP contribution in [-0.2, 0) is 0 Å². The van der Waals surface area contributed by atoms with E-state index in [1.165, 1.54) is 0 Å². The van der Waals surface area contributed by atoms with Crippen molar-refractivity contribution in [3.05, 3.63) is 131 Å². The zero-order chi connectivity index (χ0) is 22.3. The molecule has 5 heteroatoms. The monoisotopic (exact) mass is 420 g/mol. The molecule has 0 saturated carbocycles. The van der Waals surface area contributed by atoms with Crippen LogP contribution in [0.25, 0.3) is 0 Å². The third-order valence-electron chi connectivity index (χ3n) is 4.91. The smallest absolute Gasteiger partial charge is 0.307 e. The zero-order valence-electron chi connectivity index (χ0n) is 17.1. The SMILES string of the molecule is O=C(Nc1ccccc1C(=O)c1ccccc1)Nc1ccccc1C(=O)c1ccccc1. The third kappa shape index (κ3) is 4.63. The van der Waals surface area contributed by atoms with Gasteiger partial charge in [-0.05, 0) is 24.3 Å². The minimum absolute atomic E-state index is 0.193. The highest BCUT2D eigenvalue weighted by Crippen LogP contribution is 2.22. The molecule has 0 saturated heterocycles. The lowest BCUT2D eigenvalue weighted by atomic mass is 10.0. The molecule has 0 atom stereocenters. The summed E-state index contributed by atoms with van der Waals surface area (Å²) in [5, 5.41) is 5.47. The molecule has 0 aliphatic carbocycles. The molecule has 32 heavy (non-hydrogen) atoms. The summed E-state index contributed by atoms with van der Waals surface area (Å²) in [6.45, 7) is 0. The molecule has 0 unspecified atom stereocenters. The Kier molecular flexibility index (Phi) is 6.18. The van der Waals surface area contributed by atoms with Gasteiger partial charge in [0, 0.05) is 22.3 Å². The normalized spacial score (nSPS) is 10.2. The molecule has 0 aromatic heterocycles. The van der Waals surface area contributed by atoms with Gasteiger partial charge < -0.3 is 10.6 Å². The van der Waals surface area contributed by atoms with Gasteiger partial charge in [-0.25, -0.2) is 4.79 Å². The first-order valence-corrected chi connectivity index (χ1v) is 10.1. The van der Waals surface area contributed by atoms with Crippen LogP contribution in [-0.4, -0.2) is 17.6 Å². The topological polar surface area (TPSA) is 75.3 Å². The van der Waals surface area contributed by atoms with Gasteiger partial charge in [0.05, 0.1) is 11.4 Å². The second-order valence-corrected chi connectivity index (χ2v) is 7.06. The Bertz CT molecular complexity index is 1170. The Morgan fingerprint density at radius 2 is 0.781 bits per heavy atom. The summed E-state index contributed by atoms with van der Waals surface area (Å²) in [6, 6.07) is 30.8. The molecule has 156 valence electrons. The molecule has 0 fully saturated rings. The second kappa shape index (κ2) is 9.53. The summed E-state index contributed by atoms with van der Waals surface area (Å²) in [5.74, 6) is -0.387. The first kappa shape index (κ1) is 20.8. The number of para-hydroxylation sites is 2. The lowest BCUT2D eigenvalue weighted by Crippen LogP contribution is -2.22. The summed E-state index contributed by atoms with van der Waals surface area (Å²) in [5.41, 5.74) is 2.57. The van der Waals surface area contributed by atoms with E-state index in [0.717, 1.165) is 0 Å². The van der Waals surface area contributed by atoms with Gasteiger partial charge in [0.25, 0.3) is 0 Å². The number of amides is 2. The van der Waals surface area contributed by atoms with E-state index in [-0.39, 0.29) is 11.6 Å². The first-order chi connectivity index (χ1) is 15.6. The van der Waals surface area contributed by atoms with Crippen LogP contribution in [0.2, 0.25) is 0 Å². The van der Waals surface area contributed by atoms with E-state index in [9.17, 15) is 14.4 Å². The highest BCUT2D eigenvalue weighted by molar-refractivity contribution is 6.16. The largest absolute Gasteiger partial charge is 0.323 e. The van der Waals surface area contributed by atoms with Crippen LogP contribution in [0, 0.1) is 0 Å². The van der Waals surface area contributed by atoms with Crippen LogP contribution < -0.4 is 10.6 Å². The highest BCUT2D eigenvalue weighted by Gasteiger charge is 2.17. The molecule has 0 bridgehead atoms. The zero-order valence-corrected chi connectivity index (χ0v) is 17.1. The van der Waals surface area contributed by atoms with Crippen molar-refractivity contribution in [2.24, 2.45) is 0 Å². The standard InChI is InChI=1S/C27H20N2O3/c30-25(19-11-3-1-4-12-19)21-15-7-9-17-23(21)28-27(32)29-24-18-10-8-16-22(24)26(31)20-13-5-2-6-14-20/h1-18H,(H2,28,29,32). The Labute approximate surface area is 185 Å². The summed E-state index contributed by atoms with van der Waals surface area (Å²) in [7, 11) is 0. The summed E-state index contributed by atoms with van der Waals surface area (Å²) >= 11 is 0. The van der Waals surface area contributed by atoms with Crippen molar-refractivity contribution in [3.63, 3.8) is 0 Å². The molecular formula is C27H20N2O3. The van der Waals surface area contributed by atoms with Crippen LogP contribution in [0.5, 0.6) is 0 Å². The van der Waals surface area contributed by atoms with E-state index in [0.29, 0.717) is 33.6 Å². The summed E-state index contributed by atoms with van der Waals surface area (Å²) in [4.78, 5) is 38.5. The van der Waals surface area contributed by atoms with Crippen LogP contribution >= 0.6 is 0 Å². The Morgan fingerprint density at radius 3 is 1.19 bits per heavy atom. The number of hydrogen-bond donors (Lipinski definition) is 2. The van der Waals surface area contributed by atoms with Crippen molar-refractivity contribution < 1.29 is 14.4 Å². The van der Waals surface area contributed by atoms with E-state index < -0.39 is 6.03 Å². The van der Waals surface area contributed by atoms with Gasteiger partial charge in [-0.3, -0.25) is 9.59 Å². The average molecular weight is 420 g/mol. The van der Waals surface area contributed by atoms with Gasteiger partial charge in [-0.2, -0.15) is 0 Å². The Hall–Kier alpha value is -4.51. The third-order valence-corrected chi connectivity index (χ3v) is 4.91. The average Bonchev–Trinajstić information content (AvgIpc) is 2.85. The quantitative estimate of drug-likeness (QED) is 0.388. The molecule has 4 aromatic carbocycles. The van der Waals surface area contributed by atoms with Crippen LogP contribution in [0.1, 0.15) is 31.8 Å². The number of carbonyl (C=O) groups is 3. The molecule has 0 radical (unpaired) electrons. The van der Waals surface area contributed by atoms with Crippen molar-refractivity contribution in [1.82, 2.24) is 0 Å². The number of nitrogens with one attached hydrogen (secondary N) is 2. The predicted octanol–water partition coefficient (Wildman–Crippen LogP) is 5.79. The number of hydrogen-bond acceptors (Lipinski definition) is 3. The fourth-order valence-electron chi connectivity index (χ4n) is 3.35. The number of carbonyl (C=O) groups excluding carboxylic acids is 3. The van der Waals surface area contributed by atoms with Gasteiger partial charge in [-0.15, -0.1) is 0 Å². The van der Waals surface area contributed by atoms with Crippen LogP contribution in [0.4, 0.5) is 16.2 Å². The van der Waals surface area contributed by atoms with Gasteiger partial charge in [-0.1, -0.05) is 84.9 Å². The van der Waals surface area contributed by atoms with Crippen molar-refractivity contribution in [3.8, 4) is 0 Å². The lowest BCUT2D eigenvalue weighted by Gasteiger charge is -2.13. The molecule has 4 aromatic rings. The fraction of sp³-hybridized carbons (Fsp3) is 0. The predicted molar refractivity (Wildman–Crippen MR) is 125 cm³/mol. The van der Waals surface area contributed by atoms with Gasteiger partial charge in [0.2, 0.25) is 0 Å². The van der Waals surface area contributed by atoms with Crippen molar-refractivity contribution in [2.75, 3.05) is 10.6 Å². The van der Waals surface area contributed by atoms with Crippen molar-refractivity contribution in [1.29, 1.82) is 0 Å². The van der Waals surface area contributed by atoms with Gasteiger partial charge >= 0.3 is 6.03 Å². The maximum atomic E-state index is 12.9. The first-order valence-electron chi connectivity index (χ1n) is 10.1. The van der Waals surface area contributed by atoms with E-state index >= 15 is 0 Å². The number of benzene rings is 4. The van der Waals surface area contributed by atoms with E-state index in [1.807, 2.05) is 12.1 Å². The fourth-order valence-corrected chi connectivity index (χ4v) is 3.35. The lowest BCUT2D eigenvalue weighted by molar-refractivity contribution is 0.103. The Balaban J connectivity index is 1.55. The summed E-state index contributed by atoms with van der Waals surface area (Å²) < 4.78 is 0. The summed E-state index contributed by atoms with van der Waals surface area (Å²) in [6.07, 6.45) is 0. The number of anilines is 2. The second-order valence-electron chi connectivity index (χ2n) is 7.06. The number of rotatable bonds is 6. The molecular weight excluding hydrogens is 400 g/mol. The van der Waals surface area contributed by atoms with E-state index in [2.05, 4.69) is 10.6 Å². The maximum absolute atomic E-state index is 12.9. The number of urea groups is 1. The molecule has 0 spiro atoms. The van der Waals surface area contributed by atoms with E-state index in [4.69, 9.17) is 0 Å². The molecule has 2 N–H and O–H groups in total. The highest BCUT2D eigenvalue weighted by atomic mass is 16.2. The molecule has 2 amide bonds. The molecule has 4 rings (SSSR count). The molecule has 5 nitrogen and oxygen atoms in total. The minimum Gasteiger partial charge on any atom is -0.307 e. The molecule has 0 heterocycles. The van der Waals surface area contributed by atoms with Crippen LogP contribution in [0.15, 0.2) is 109 Å². The van der Waals surface area contributed by atoms with Crippen molar-refractivity contribution in [2.45, 2.75) is 0 Å². The van der Waals surface area contributed by atoms with Gasteiger partial charge in [0.1, 0.15) is 0 Å². The molecule has 0 aliphatic rings. The number of ketones is 2. The minimum atomic E-state index is -0.549. The maximum Gasteiger partial charge on any atom is 0.323 e. The van der Waals surface area contributed by atoms with Crippen LogP contribution in [0.3, 0.4) is 0 Å². The van der Waals surface area contributed by atoms with Gasteiger partial charge in [0.15, 0.2) is 11.6 Å². The van der Waals surface area contributed by atoms with Crippen molar-refractivity contribution >= 4 is 29.0 Å².